The molecule has 5 heteroatoms. The first-order valence-corrected chi connectivity index (χ1v) is 5.48. The van der Waals surface area contributed by atoms with Gasteiger partial charge in [-0.3, -0.25) is 10.2 Å². The van der Waals surface area contributed by atoms with Crippen LogP contribution in [0.3, 0.4) is 0 Å². The zero-order valence-electron chi connectivity index (χ0n) is 10.2. The second-order valence-corrected chi connectivity index (χ2v) is 4.20. The van der Waals surface area contributed by atoms with Crippen LogP contribution in [0.4, 0.5) is 0 Å². The Kier molecular flexibility index (Phi) is 2.85. The molecule has 1 unspecified atom stereocenters. The number of imidazole rings is 1. The molecule has 1 aromatic heterocycles. The Morgan fingerprint density at radius 1 is 1.53 bits per heavy atom. The van der Waals surface area contributed by atoms with E-state index in [9.17, 15) is 4.79 Å². The third kappa shape index (κ3) is 1.89. The number of hydrazine groups is 1. The number of aryl methyl sites for hydroxylation is 2. The summed E-state index contributed by atoms with van der Waals surface area (Å²) in [6.07, 6.45) is 0. The number of nitrogens with two attached hydrogens (primary N) is 1. The van der Waals surface area contributed by atoms with Crippen molar-refractivity contribution in [3.63, 3.8) is 0 Å². The SMILES string of the molecule is Cc1nc2cc(C(C)C(=O)NN)ccc2n1C. The van der Waals surface area contributed by atoms with Crippen LogP contribution in [-0.4, -0.2) is 15.5 Å². The molecule has 0 aliphatic carbocycles. The average Bonchev–Trinajstić information content (AvgIpc) is 2.62. The molecule has 1 heterocycles. The first kappa shape index (κ1) is 11.6. The number of carbonyl (C=O) groups is 1. The van der Waals surface area contributed by atoms with E-state index in [4.69, 9.17) is 5.84 Å². The first-order valence-electron chi connectivity index (χ1n) is 5.48. The van der Waals surface area contributed by atoms with Crippen LogP contribution in [0.2, 0.25) is 0 Å². The van der Waals surface area contributed by atoms with Gasteiger partial charge in [0.15, 0.2) is 0 Å². The monoisotopic (exact) mass is 232 g/mol. The van der Waals surface area contributed by atoms with Crippen molar-refractivity contribution in [2.45, 2.75) is 19.8 Å². The number of hydrogen-bond donors (Lipinski definition) is 2. The van der Waals surface area contributed by atoms with Gasteiger partial charge in [-0.05, 0) is 31.5 Å². The molecule has 0 saturated carbocycles. The van der Waals surface area contributed by atoms with Gasteiger partial charge in [-0.2, -0.15) is 0 Å². The van der Waals surface area contributed by atoms with Crippen LogP contribution in [0.25, 0.3) is 11.0 Å². The van der Waals surface area contributed by atoms with Crippen LogP contribution in [-0.2, 0) is 11.8 Å². The minimum Gasteiger partial charge on any atom is -0.331 e. The standard InChI is InChI=1S/C12H16N4O/c1-7(12(17)15-13)9-4-5-11-10(6-9)14-8(2)16(11)3/h4-7H,13H2,1-3H3,(H,15,17). The van der Waals surface area contributed by atoms with Crippen molar-refractivity contribution in [3.8, 4) is 0 Å². The molecule has 0 radical (unpaired) electrons. The Hall–Kier alpha value is -1.88. The van der Waals surface area contributed by atoms with Crippen LogP contribution in [0.5, 0.6) is 0 Å². The maximum absolute atomic E-state index is 11.5. The zero-order valence-corrected chi connectivity index (χ0v) is 10.2. The summed E-state index contributed by atoms with van der Waals surface area (Å²) in [6.45, 7) is 3.77. The third-order valence-corrected chi connectivity index (χ3v) is 3.16. The minimum atomic E-state index is -0.272. The van der Waals surface area contributed by atoms with E-state index in [1.807, 2.05) is 43.7 Å². The fourth-order valence-electron chi connectivity index (χ4n) is 1.88. The van der Waals surface area contributed by atoms with Crippen molar-refractivity contribution in [2.75, 3.05) is 0 Å². The minimum absolute atomic E-state index is 0.197. The average molecular weight is 232 g/mol. The van der Waals surface area contributed by atoms with Gasteiger partial charge in [-0.25, -0.2) is 10.8 Å². The topological polar surface area (TPSA) is 72.9 Å². The molecule has 0 bridgehead atoms. The van der Waals surface area contributed by atoms with Crippen molar-refractivity contribution in [2.24, 2.45) is 12.9 Å². The molecular weight excluding hydrogens is 216 g/mol. The highest BCUT2D eigenvalue weighted by Gasteiger charge is 2.15. The maximum Gasteiger partial charge on any atom is 0.241 e. The predicted octanol–water partition coefficient (Wildman–Crippen LogP) is 0.975. The Bertz CT molecular complexity index is 573. The lowest BCUT2D eigenvalue weighted by Crippen LogP contribution is -2.33. The molecule has 1 atom stereocenters. The maximum atomic E-state index is 11.5. The zero-order chi connectivity index (χ0) is 12.6. The summed E-state index contributed by atoms with van der Waals surface area (Å²) in [5.41, 5.74) is 5.04. The molecule has 0 aliphatic rings. The van der Waals surface area contributed by atoms with Crippen LogP contribution in [0, 0.1) is 6.92 Å². The van der Waals surface area contributed by atoms with Crippen molar-refractivity contribution in [1.82, 2.24) is 15.0 Å². The van der Waals surface area contributed by atoms with Crippen LogP contribution in [0.15, 0.2) is 18.2 Å². The highest BCUT2D eigenvalue weighted by molar-refractivity contribution is 5.85. The Labute approximate surface area is 99.6 Å². The Morgan fingerprint density at radius 3 is 2.88 bits per heavy atom. The number of rotatable bonds is 2. The van der Waals surface area contributed by atoms with E-state index in [2.05, 4.69) is 10.4 Å². The first-order chi connectivity index (χ1) is 8.04. The summed E-state index contributed by atoms with van der Waals surface area (Å²) < 4.78 is 2.02. The molecule has 2 aromatic rings. The third-order valence-electron chi connectivity index (χ3n) is 3.16. The summed E-state index contributed by atoms with van der Waals surface area (Å²) in [4.78, 5) is 15.9. The van der Waals surface area contributed by atoms with Crippen molar-refractivity contribution < 1.29 is 4.79 Å². The number of aromatic nitrogens is 2. The van der Waals surface area contributed by atoms with Gasteiger partial charge >= 0.3 is 0 Å². The summed E-state index contributed by atoms with van der Waals surface area (Å²) in [7, 11) is 1.97. The number of benzene rings is 1. The van der Waals surface area contributed by atoms with Crippen molar-refractivity contribution >= 4 is 16.9 Å². The molecule has 1 amide bonds. The smallest absolute Gasteiger partial charge is 0.241 e. The second kappa shape index (κ2) is 4.18. The lowest BCUT2D eigenvalue weighted by atomic mass is 10.0. The van der Waals surface area contributed by atoms with E-state index >= 15 is 0 Å². The molecule has 1 aromatic carbocycles. The highest BCUT2D eigenvalue weighted by Crippen LogP contribution is 2.21. The van der Waals surface area contributed by atoms with Crippen LogP contribution < -0.4 is 11.3 Å². The van der Waals surface area contributed by atoms with E-state index in [0.29, 0.717) is 0 Å². The lowest BCUT2D eigenvalue weighted by Gasteiger charge is -2.09. The van der Waals surface area contributed by atoms with Gasteiger partial charge in [-0.1, -0.05) is 6.07 Å². The number of amides is 1. The molecule has 90 valence electrons. The van der Waals surface area contributed by atoms with Gasteiger partial charge in [0.25, 0.3) is 0 Å². The fourth-order valence-corrected chi connectivity index (χ4v) is 1.88. The molecule has 0 fully saturated rings. The number of fused-ring (bicyclic) bond motifs is 1. The van der Waals surface area contributed by atoms with Crippen LogP contribution >= 0.6 is 0 Å². The highest BCUT2D eigenvalue weighted by atomic mass is 16.2. The van der Waals surface area contributed by atoms with Gasteiger partial charge in [0.1, 0.15) is 5.82 Å². The molecule has 0 spiro atoms. The second-order valence-electron chi connectivity index (χ2n) is 4.20. The Balaban J connectivity index is 2.48. The number of nitrogens with one attached hydrogen (secondary N) is 1. The fraction of sp³-hybridized carbons (Fsp3) is 0.333. The predicted molar refractivity (Wildman–Crippen MR) is 66.2 cm³/mol. The molecular formula is C12H16N4O. The molecule has 2 rings (SSSR count). The summed E-state index contributed by atoms with van der Waals surface area (Å²) in [5.74, 6) is 5.62. The normalized spacial score (nSPS) is 12.7. The van der Waals surface area contributed by atoms with Gasteiger partial charge in [-0.15, -0.1) is 0 Å². The molecule has 0 aliphatic heterocycles. The van der Waals surface area contributed by atoms with Crippen LogP contribution in [0.1, 0.15) is 24.2 Å². The molecule has 17 heavy (non-hydrogen) atoms. The Morgan fingerprint density at radius 2 is 2.24 bits per heavy atom. The summed E-state index contributed by atoms with van der Waals surface area (Å²) in [6, 6.07) is 5.84. The van der Waals surface area contributed by atoms with E-state index < -0.39 is 0 Å². The number of hydrogen-bond acceptors (Lipinski definition) is 3. The molecule has 5 nitrogen and oxygen atoms in total. The van der Waals surface area contributed by atoms with Gasteiger partial charge in [0, 0.05) is 7.05 Å². The number of carbonyl (C=O) groups excluding carboxylic acids is 1. The quantitative estimate of drug-likeness (QED) is 0.460. The van der Waals surface area contributed by atoms with Crippen molar-refractivity contribution in [3.05, 3.63) is 29.6 Å². The van der Waals surface area contributed by atoms with Gasteiger partial charge in [0.05, 0.1) is 17.0 Å². The molecule has 0 saturated heterocycles. The summed E-state index contributed by atoms with van der Waals surface area (Å²) in [5, 5.41) is 0. The van der Waals surface area contributed by atoms with E-state index in [1.165, 1.54) is 0 Å². The van der Waals surface area contributed by atoms with E-state index in [-0.39, 0.29) is 11.8 Å². The lowest BCUT2D eigenvalue weighted by molar-refractivity contribution is -0.122. The molecule has 3 N–H and O–H groups in total. The summed E-state index contributed by atoms with van der Waals surface area (Å²) >= 11 is 0. The largest absolute Gasteiger partial charge is 0.331 e. The van der Waals surface area contributed by atoms with Crippen molar-refractivity contribution in [1.29, 1.82) is 0 Å². The van der Waals surface area contributed by atoms with E-state index in [0.717, 1.165) is 22.4 Å². The van der Waals surface area contributed by atoms with Gasteiger partial charge in [0.2, 0.25) is 5.91 Å². The van der Waals surface area contributed by atoms with E-state index in [1.54, 1.807) is 0 Å². The number of nitrogens with zero attached hydrogens (tertiary/aromatic N) is 2. The van der Waals surface area contributed by atoms with Gasteiger partial charge < -0.3 is 4.57 Å².